The summed E-state index contributed by atoms with van der Waals surface area (Å²) in [6, 6.07) is 10.8. The minimum atomic E-state index is -1.82. The molecule has 1 unspecified atom stereocenters. The Morgan fingerprint density at radius 2 is 1.85 bits per heavy atom. The van der Waals surface area contributed by atoms with Crippen molar-refractivity contribution < 1.29 is 33.4 Å². The Kier molecular flexibility index (Phi) is 9.47. The van der Waals surface area contributed by atoms with Crippen LogP contribution >= 0.6 is 0 Å². The summed E-state index contributed by atoms with van der Waals surface area (Å²) in [7, 11) is 0. The first-order valence-electron chi connectivity index (χ1n) is 13.7. The maximum absolute atomic E-state index is 14.1. The molecule has 40 heavy (non-hydrogen) atoms. The second kappa shape index (κ2) is 13.0. The van der Waals surface area contributed by atoms with E-state index in [4.69, 9.17) is 24.2 Å². The fourth-order valence-electron chi connectivity index (χ4n) is 5.71. The van der Waals surface area contributed by atoms with Gasteiger partial charge >= 0.3 is 11.9 Å². The molecule has 1 aliphatic heterocycles. The monoisotopic (exact) mass is 550 g/mol. The molecule has 1 atom stereocenters. The van der Waals surface area contributed by atoms with Crippen LogP contribution in [0.5, 0.6) is 0 Å². The maximum atomic E-state index is 14.1. The summed E-state index contributed by atoms with van der Waals surface area (Å²) >= 11 is 0. The third kappa shape index (κ3) is 6.83. The second-order valence-corrected chi connectivity index (χ2v) is 10.7. The van der Waals surface area contributed by atoms with Crippen LogP contribution in [-0.2, 0) is 19.8 Å². The van der Waals surface area contributed by atoms with Crippen molar-refractivity contribution in [2.45, 2.75) is 57.3 Å². The van der Waals surface area contributed by atoms with Crippen LogP contribution in [-0.4, -0.2) is 57.5 Å². The second-order valence-electron chi connectivity index (χ2n) is 10.7. The number of Topliss-reactive ketones (excluding diaryl/α,β-unsaturated/α-hetero) is 1. The number of carbonyl (C=O) groups excluding carboxylic acids is 1. The van der Waals surface area contributed by atoms with Crippen LogP contribution in [0.4, 0.5) is 4.39 Å². The molecule has 0 radical (unpaired) electrons. The molecular formula is C31H35FN2O6. The molecule has 0 saturated heterocycles. The number of halogens is 1. The number of benzene rings is 1. The number of ketones is 1. The molecule has 9 heteroatoms. The van der Waals surface area contributed by atoms with Crippen molar-refractivity contribution in [1.82, 2.24) is 9.88 Å². The molecular weight excluding hydrogens is 515 g/mol. The van der Waals surface area contributed by atoms with E-state index < -0.39 is 17.4 Å². The number of hydrogen-bond acceptors (Lipinski definition) is 6. The highest BCUT2D eigenvalue weighted by Gasteiger charge is 2.40. The van der Waals surface area contributed by atoms with Crippen molar-refractivity contribution in [2.24, 2.45) is 5.92 Å². The average molecular weight is 551 g/mol. The number of carboxylic acids is 2. The van der Waals surface area contributed by atoms with Crippen LogP contribution in [0.3, 0.4) is 0 Å². The number of aliphatic carboxylic acids is 2. The number of aromatic nitrogens is 1. The van der Waals surface area contributed by atoms with E-state index in [1.54, 1.807) is 24.6 Å². The minimum absolute atomic E-state index is 0.150. The van der Waals surface area contributed by atoms with E-state index in [9.17, 15) is 9.18 Å². The van der Waals surface area contributed by atoms with Gasteiger partial charge in [0, 0.05) is 36.2 Å². The van der Waals surface area contributed by atoms with Gasteiger partial charge in [0.1, 0.15) is 17.2 Å². The number of pyridine rings is 1. The number of fused-ring (bicyclic) bond motifs is 1. The summed E-state index contributed by atoms with van der Waals surface area (Å²) in [5, 5.41) is 15.6. The number of carboxylic acid groups (broad SMARTS) is 2. The molecule has 2 N–H and O–H groups in total. The highest BCUT2D eigenvalue weighted by Crippen LogP contribution is 2.37. The van der Waals surface area contributed by atoms with Crippen molar-refractivity contribution in [3.63, 3.8) is 0 Å². The molecule has 0 spiro atoms. The van der Waals surface area contributed by atoms with Gasteiger partial charge in [-0.2, -0.15) is 0 Å². The van der Waals surface area contributed by atoms with Gasteiger partial charge in [0.25, 0.3) is 0 Å². The minimum Gasteiger partial charge on any atom is -0.473 e. The highest BCUT2D eigenvalue weighted by atomic mass is 19.1. The lowest BCUT2D eigenvalue weighted by Gasteiger charge is -2.35. The first-order valence-corrected chi connectivity index (χ1v) is 13.7. The molecule has 212 valence electrons. The molecule has 2 aliphatic rings. The average Bonchev–Trinajstić information content (AvgIpc) is 3.45. The van der Waals surface area contributed by atoms with Crippen molar-refractivity contribution in [2.75, 3.05) is 19.6 Å². The number of carbonyl (C=O) groups is 3. The lowest BCUT2D eigenvalue weighted by molar-refractivity contribution is -0.159. The predicted octanol–water partition coefficient (Wildman–Crippen LogP) is 5.71. The Bertz CT molecular complexity index is 1370. The third-order valence-electron chi connectivity index (χ3n) is 8.02. The van der Waals surface area contributed by atoms with Crippen molar-refractivity contribution in [1.29, 1.82) is 0 Å². The van der Waals surface area contributed by atoms with Crippen LogP contribution in [0.2, 0.25) is 0 Å². The van der Waals surface area contributed by atoms with Crippen LogP contribution in [0, 0.1) is 11.7 Å². The van der Waals surface area contributed by atoms with Crippen LogP contribution < -0.4 is 0 Å². The Labute approximate surface area is 232 Å². The van der Waals surface area contributed by atoms with Gasteiger partial charge in [0.2, 0.25) is 0 Å². The van der Waals surface area contributed by atoms with E-state index in [1.807, 2.05) is 18.2 Å². The van der Waals surface area contributed by atoms with Crippen molar-refractivity contribution >= 4 is 34.3 Å². The molecule has 8 nitrogen and oxygen atoms in total. The lowest BCUT2D eigenvalue weighted by Crippen LogP contribution is -2.42. The summed E-state index contributed by atoms with van der Waals surface area (Å²) < 4.78 is 19.8. The molecule has 3 aromatic rings. The molecule has 1 saturated carbocycles. The largest absolute Gasteiger partial charge is 0.473 e. The zero-order valence-electron chi connectivity index (χ0n) is 22.6. The summed E-state index contributed by atoms with van der Waals surface area (Å²) in [6.45, 7) is 4.58. The normalized spacial score (nSPS) is 17.8. The fourth-order valence-corrected chi connectivity index (χ4v) is 5.71. The fraction of sp³-hybridized carbons (Fsp3) is 0.419. The number of hydrogen-bond donors (Lipinski definition) is 2. The molecule has 2 aromatic heterocycles. The Balaban J connectivity index is 0.000000557. The first-order chi connectivity index (χ1) is 19.2. The SMILES string of the molecule is CC(CCN1CC=C(c2cc(F)cc3ccoc23)CC1)(C(=O)C1CCCCC1)c1ccccn1.O=C(O)C(=O)O. The van der Waals surface area contributed by atoms with Gasteiger partial charge in [0.15, 0.2) is 0 Å². The van der Waals surface area contributed by atoms with E-state index in [-0.39, 0.29) is 11.7 Å². The van der Waals surface area contributed by atoms with Gasteiger partial charge in [-0.15, -0.1) is 0 Å². The van der Waals surface area contributed by atoms with Crippen molar-refractivity contribution in [3.05, 3.63) is 72.0 Å². The van der Waals surface area contributed by atoms with E-state index in [0.29, 0.717) is 5.78 Å². The molecule has 0 bridgehead atoms. The zero-order valence-corrected chi connectivity index (χ0v) is 22.6. The van der Waals surface area contributed by atoms with Gasteiger partial charge in [-0.3, -0.25) is 14.7 Å². The van der Waals surface area contributed by atoms with Crippen LogP contribution in [0.1, 0.15) is 63.1 Å². The van der Waals surface area contributed by atoms with Gasteiger partial charge in [-0.25, -0.2) is 14.0 Å². The molecule has 5 rings (SSSR count). The predicted molar refractivity (Wildman–Crippen MR) is 148 cm³/mol. The number of furan rings is 1. The van der Waals surface area contributed by atoms with Crippen LogP contribution in [0.15, 0.2) is 59.4 Å². The Morgan fingerprint density at radius 1 is 1.10 bits per heavy atom. The van der Waals surface area contributed by atoms with E-state index in [1.165, 1.54) is 12.5 Å². The quantitative estimate of drug-likeness (QED) is 0.359. The highest BCUT2D eigenvalue weighted by molar-refractivity contribution is 6.27. The van der Waals surface area contributed by atoms with E-state index in [2.05, 4.69) is 22.9 Å². The van der Waals surface area contributed by atoms with E-state index >= 15 is 0 Å². The Hall–Kier alpha value is -3.85. The van der Waals surface area contributed by atoms with E-state index in [0.717, 1.165) is 86.0 Å². The number of nitrogens with zero attached hydrogens (tertiary/aromatic N) is 2. The van der Waals surface area contributed by atoms with Gasteiger partial charge in [-0.1, -0.05) is 31.4 Å². The van der Waals surface area contributed by atoms with Gasteiger partial charge in [-0.05, 0) is 75.1 Å². The zero-order chi connectivity index (χ0) is 28.7. The third-order valence-corrected chi connectivity index (χ3v) is 8.02. The molecule has 0 amide bonds. The summed E-state index contributed by atoms with van der Waals surface area (Å²) in [5.74, 6) is -3.37. The topological polar surface area (TPSA) is 121 Å². The van der Waals surface area contributed by atoms with Gasteiger partial charge in [0.05, 0.1) is 17.4 Å². The molecule has 3 heterocycles. The summed E-state index contributed by atoms with van der Waals surface area (Å²) in [4.78, 5) is 38.9. The molecule has 1 fully saturated rings. The van der Waals surface area contributed by atoms with Crippen LogP contribution in [0.25, 0.3) is 16.5 Å². The Morgan fingerprint density at radius 3 is 2.48 bits per heavy atom. The number of rotatable bonds is 7. The molecule has 1 aliphatic carbocycles. The maximum Gasteiger partial charge on any atom is 0.414 e. The van der Waals surface area contributed by atoms with Gasteiger partial charge < -0.3 is 14.6 Å². The standard InChI is InChI=1S/C29H33FN2O2.C2H2O4/c1-29(26-9-5-6-14-31-26,28(33)22-7-3-2-4-8-22)13-17-32-15-10-21(11-16-32)25-20-24(30)19-23-12-18-34-27(23)25;3-1(4)2(5)6/h5-6,9-10,12,14,18-20,22H,2-4,7-8,11,13,15-17H2,1H3;(H,3,4)(H,5,6). The smallest absolute Gasteiger partial charge is 0.414 e. The first kappa shape index (κ1) is 29.1. The molecule has 1 aromatic carbocycles. The lowest BCUT2D eigenvalue weighted by atomic mass is 9.70. The van der Waals surface area contributed by atoms with Crippen molar-refractivity contribution in [3.8, 4) is 0 Å². The summed E-state index contributed by atoms with van der Waals surface area (Å²) in [6.07, 6.45) is 12.7. The summed E-state index contributed by atoms with van der Waals surface area (Å²) in [5.41, 5.74) is 3.04.